The Bertz CT molecular complexity index is 428. The number of alkyl halides is 1. The van der Waals surface area contributed by atoms with Gasteiger partial charge in [-0.15, -0.1) is 11.6 Å². The molecule has 16 heavy (non-hydrogen) atoms. The Kier molecular flexibility index (Phi) is 4.62. The first-order valence-corrected chi connectivity index (χ1v) is 7.48. The van der Waals surface area contributed by atoms with Gasteiger partial charge in [0.2, 0.25) is 0 Å². The normalized spacial score (nSPS) is 13.4. The van der Waals surface area contributed by atoms with Gasteiger partial charge in [-0.2, -0.15) is 0 Å². The molecule has 1 aromatic rings. The zero-order valence-corrected chi connectivity index (χ0v) is 11.0. The average Bonchev–Trinajstić information content (AvgIpc) is 2.17. The van der Waals surface area contributed by atoms with Crippen LogP contribution < -0.4 is 5.32 Å². The summed E-state index contributed by atoms with van der Waals surface area (Å²) in [6, 6.07) is 7.01. The minimum atomic E-state index is -3.11. The zero-order chi connectivity index (χ0) is 12.2. The largest absolute Gasteiger partial charge is 0.383 e. The van der Waals surface area contributed by atoms with Gasteiger partial charge in [-0.3, -0.25) is 0 Å². The van der Waals surface area contributed by atoms with Crippen LogP contribution >= 0.6 is 11.6 Å². The summed E-state index contributed by atoms with van der Waals surface area (Å²) < 4.78 is 22.5. The van der Waals surface area contributed by atoms with Crippen LogP contribution in [0.2, 0.25) is 0 Å². The first kappa shape index (κ1) is 13.3. The van der Waals surface area contributed by atoms with Crippen molar-refractivity contribution in [2.24, 2.45) is 0 Å². The van der Waals surface area contributed by atoms with Crippen molar-refractivity contribution in [3.63, 3.8) is 0 Å². The summed E-state index contributed by atoms with van der Waals surface area (Å²) in [5.41, 5.74) is 0.907. The van der Waals surface area contributed by atoms with E-state index in [1.54, 1.807) is 24.3 Å². The molecule has 5 heteroatoms. The van der Waals surface area contributed by atoms with Crippen LogP contribution in [0.1, 0.15) is 13.3 Å². The zero-order valence-electron chi connectivity index (χ0n) is 9.40. The molecule has 0 amide bonds. The molecular weight excluding hydrogens is 246 g/mol. The van der Waals surface area contributed by atoms with Gasteiger partial charge in [0.25, 0.3) is 0 Å². The van der Waals surface area contributed by atoms with Crippen molar-refractivity contribution in [1.82, 2.24) is 0 Å². The van der Waals surface area contributed by atoms with Crippen LogP contribution in [0.25, 0.3) is 0 Å². The van der Waals surface area contributed by atoms with Crippen molar-refractivity contribution >= 4 is 27.1 Å². The lowest BCUT2D eigenvalue weighted by molar-refractivity contribution is 0.602. The fraction of sp³-hybridized carbons (Fsp3) is 0.455. The van der Waals surface area contributed by atoms with E-state index < -0.39 is 9.84 Å². The third-order valence-electron chi connectivity index (χ3n) is 2.24. The highest BCUT2D eigenvalue weighted by Crippen LogP contribution is 2.15. The number of rotatable bonds is 5. The highest BCUT2D eigenvalue weighted by atomic mass is 35.5. The smallest absolute Gasteiger partial charge is 0.175 e. The Labute approximate surface area is 102 Å². The number of anilines is 1. The molecule has 1 N–H and O–H groups in total. The van der Waals surface area contributed by atoms with Gasteiger partial charge in [0, 0.05) is 23.9 Å². The molecule has 0 bridgehead atoms. The van der Waals surface area contributed by atoms with Crippen LogP contribution in [0, 0.1) is 0 Å². The van der Waals surface area contributed by atoms with Gasteiger partial charge in [-0.25, -0.2) is 8.42 Å². The van der Waals surface area contributed by atoms with E-state index in [2.05, 4.69) is 5.32 Å². The number of nitrogens with one attached hydrogen (secondary N) is 1. The highest BCUT2D eigenvalue weighted by molar-refractivity contribution is 7.90. The maximum Gasteiger partial charge on any atom is 0.175 e. The van der Waals surface area contributed by atoms with Gasteiger partial charge in [-0.05, 0) is 37.6 Å². The van der Waals surface area contributed by atoms with Crippen LogP contribution in [-0.4, -0.2) is 26.6 Å². The molecule has 0 aliphatic heterocycles. The maximum absolute atomic E-state index is 11.2. The number of sulfone groups is 1. The van der Waals surface area contributed by atoms with E-state index in [1.807, 2.05) is 6.92 Å². The van der Waals surface area contributed by atoms with E-state index >= 15 is 0 Å². The van der Waals surface area contributed by atoms with Gasteiger partial charge < -0.3 is 5.32 Å². The quantitative estimate of drug-likeness (QED) is 0.829. The molecule has 0 radical (unpaired) electrons. The van der Waals surface area contributed by atoms with Crippen LogP contribution in [0.15, 0.2) is 29.2 Å². The molecule has 0 fully saturated rings. The van der Waals surface area contributed by atoms with Gasteiger partial charge in [-0.1, -0.05) is 0 Å². The predicted molar refractivity (Wildman–Crippen MR) is 68.0 cm³/mol. The molecule has 90 valence electrons. The predicted octanol–water partition coefficient (Wildman–Crippen LogP) is 2.52. The summed E-state index contributed by atoms with van der Waals surface area (Å²) in [5.74, 6) is 0.607. The van der Waals surface area contributed by atoms with E-state index in [1.165, 1.54) is 6.26 Å². The Morgan fingerprint density at radius 1 is 1.31 bits per heavy atom. The van der Waals surface area contributed by atoms with E-state index in [9.17, 15) is 8.42 Å². The van der Waals surface area contributed by atoms with E-state index in [4.69, 9.17) is 11.6 Å². The molecule has 0 aliphatic rings. The minimum absolute atomic E-state index is 0.279. The fourth-order valence-electron chi connectivity index (χ4n) is 1.32. The lowest BCUT2D eigenvalue weighted by atomic mass is 10.2. The van der Waals surface area contributed by atoms with Crippen LogP contribution in [-0.2, 0) is 9.84 Å². The molecule has 0 aromatic heterocycles. The summed E-state index contributed by atoms with van der Waals surface area (Å²) in [6.45, 7) is 2.03. The second kappa shape index (κ2) is 5.55. The highest BCUT2D eigenvalue weighted by Gasteiger charge is 2.06. The Hall–Kier alpha value is -0.740. The van der Waals surface area contributed by atoms with E-state index in [0.29, 0.717) is 10.8 Å². The van der Waals surface area contributed by atoms with E-state index in [0.717, 1.165) is 12.1 Å². The summed E-state index contributed by atoms with van der Waals surface area (Å²) in [6.07, 6.45) is 2.07. The van der Waals surface area contributed by atoms with Crippen molar-refractivity contribution in [2.75, 3.05) is 17.5 Å². The lowest BCUT2D eigenvalue weighted by Crippen LogP contribution is -2.15. The SMILES string of the molecule is CC(CCCl)Nc1ccc(S(C)(=O)=O)cc1. The van der Waals surface area contributed by atoms with Crippen molar-refractivity contribution in [2.45, 2.75) is 24.3 Å². The number of benzene rings is 1. The van der Waals surface area contributed by atoms with Crippen molar-refractivity contribution in [3.8, 4) is 0 Å². The Balaban J connectivity index is 2.72. The van der Waals surface area contributed by atoms with Gasteiger partial charge in [0.05, 0.1) is 4.90 Å². The molecule has 1 aromatic carbocycles. The summed E-state index contributed by atoms with van der Waals surface area (Å²) >= 11 is 5.63. The van der Waals surface area contributed by atoms with Crippen molar-refractivity contribution in [1.29, 1.82) is 0 Å². The molecular formula is C11H16ClNO2S. The van der Waals surface area contributed by atoms with E-state index in [-0.39, 0.29) is 6.04 Å². The summed E-state index contributed by atoms with van der Waals surface area (Å²) in [7, 11) is -3.11. The second-order valence-electron chi connectivity index (χ2n) is 3.82. The topological polar surface area (TPSA) is 46.2 Å². The standard InChI is InChI=1S/C11H16ClNO2S/c1-9(7-8-12)13-10-3-5-11(6-4-10)16(2,14)15/h3-6,9,13H,7-8H2,1-2H3. The molecule has 0 saturated heterocycles. The van der Waals surface area contributed by atoms with Crippen molar-refractivity contribution < 1.29 is 8.42 Å². The van der Waals surface area contributed by atoms with Crippen LogP contribution in [0.4, 0.5) is 5.69 Å². The molecule has 0 aliphatic carbocycles. The second-order valence-corrected chi connectivity index (χ2v) is 6.21. The van der Waals surface area contributed by atoms with Gasteiger partial charge in [0.15, 0.2) is 9.84 Å². The maximum atomic E-state index is 11.2. The molecule has 1 unspecified atom stereocenters. The van der Waals surface area contributed by atoms with Crippen molar-refractivity contribution in [3.05, 3.63) is 24.3 Å². The third kappa shape index (κ3) is 4.02. The molecule has 1 atom stereocenters. The molecule has 3 nitrogen and oxygen atoms in total. The Morgan fingerprint density at radius 3 is 2.31 bits per heavy atom. The molecule has 1 rings (SSSR count). The van der Waals surface area contributed by atoms with Gasteiger partial charge >= 0.3 is 0 Å². The van der Waals surface area contributed by atoms with Crippen LogP contribution in [0.3, 0.4) is 0 Å². The average molecular weight is 262 g/mol. The Morgan fingerprint density at radius 2 is 1.88 bits per heavy atom. The van der Waals surface area contributed by atoms with Crippen LogP contribution in [0.5, 0.6) is 0 Å². The fourth-order valence-corrected chi connectivity index (χ4v) is 2.28. The number of hydrogen-bond acceptors (Lipinski definition) is 3. The third-order valence-corrected chi connectivity index (χ3v) is 3.58. The first-order chi connectivity index (χ1) is 7.43. The van der Waals surface area contributed by atoms with Gasteiger partial charge in [0.1, 0.15) is 0 Å². The first-order valence-electron chi connectivity index (χ1n) is 5.06. The number of hydrogen-bond donors (Lipinski definition) is 1. The minimum Gasteiger partial charge on any atom is -0.383 e. The molecule has 0 heterocycles. The molecule has 0 saturated carbocycles. The number of halogens is 1. The lowest BCUT2D eigenvalue weighted by Gasteiger charge is -2.13. The summed E-state index contributed by atoms with van der Waals surface area (Å²) in [5, 5.41) is 3.24. The summed E-state index contributed by atoms with van der Waals surface area (Å²) in [4.78, 5) is 0.336. The molecule has 0 spiro atoms. The monoisotopic (exact) mass is 261 g/mol.